The van der Waals surface area contributed by atoms with Crippen LogP contribution >= 0.6 is 7.82 Å². The summed E-state index contributed by atoms with van der Waals surface area (Å²) in [6, 6.07) is -0.845. The molecule has 0 aromatic carbocycles. The molecule has 0 rings (SSSR count). The van der Waals surface area contributed by atoms with Crippen LogP contribution < -0.4 is 5.32 Å². The van der Waals surface area contributed by atoms with Crippen LogP contribution in [0.25, 0.3) is 0 Å². The highest BCUT2D eigenvalue weighted by atomic mass is 31.2. The van der Waals surface area contributed by atoms with Crippen molar-refractivity contribution in [2.24, 2.45) is 0 Å². The van der Waals surface area contributed by atoms with E-state index in [1.54, 1.807) is 0 Å². The molecule has 0 saturated carbocycles. The SMILES string of the molecule is CCCCC/C=C\C/C=C\CCCCCCCCCCCC(=O)OC(/C=C/CCCCCCCCCCCC)C(COP(=O)(O)OCC[N+](C)(C)C)NC(=O)CCCCCCCCCCCCCCCCC. The number of phosphoric acid groups is 1. The number of carbonyl (C=O) groups is 2. The van der Waals surface area contributed by atoms with Gasteiger partial charge < -0.3 is 19.4 Å². The molecule has 3 unspecified atom stereocenters. The van der Waals surface area contributed by atoms with E-state index in [9.17, 15) is 19.0 Å². The summed E-state index contributed by atoms with van der Waals surface area (Å²) in [6.45, 7) is 7.02. The highest BCUT2D eigenvalue weighted by Gasteiger charge is 2.30. The van der Waals surface area contributed by atoms with Gasteiger partial charge in [-0.1, -0.05) is 257 Å². The maximum absolute atomic E-state index is 13.5. The molecule has 0 aliphatic rings. The van der Waals surface area contributed by atoms with Crippen molar-refractivity contribution in [3.8, 4) is 0 Å². The number of quaternary nitrogens is 1. The van der Waals surface area contributed by atoms with E-state index in [-0.39, 0.29) is 31.5 Å². The molecular formula is C62H120N2O7P+. The van der Waals surface area contributed by atoms with Crippen molar-refractivity contribution >= 4 is 19.7 Å². The summed E-state index contributed by atoms with van der Waals surface area (Å²) in [5.74, 6) is -0.497. The molecule has 0 saturated heterocycles. The fourth-order valence-corrected chi connectivity index (χ4v) is 9.77. The lowest BCUT2D eigenvalue weighted by molar-refractivity contribution is -0.870. The Morgan fingerprint density at radius 2 is 0.847 bits per heavy atom. The quantitative estimate of drug-likeness (QED) is 0.0205. The van der Waals surface area contributed by atoms with Crippen LogP contribution in [0.1, 0.15) is 297 Å². The molecule has 9 nitrogen and oxygen atoms in total. The Balaban J connectivity index is 5.25. The number of rotatable bonds is 56. The van der Waals surface area contributed by atoms with Gasteiger partial charge in [-0.05, 0) is 63.9 Å². The molecule has 10 heteroatoms. The van der Waals surface area contributed by atoms with Crippen LogP contribution in [0, 0.1) is 0 Å². The lowest BCUT2D eigenvalue weighted by Crippen LogP contribution is -2.47. The molecule has 0 aliphatic carbocycles. The number of hydrogen-bond acceptors (Lipinski definition) is 6. The van der Waals surface area contributed by atoms with Gasteiger partial charge in [-0.3, -0.25) is 18.6 Å². The van der Waals surface area contributed by atoms with Crippen LogP contribution in [0.4, 0.5) is 0 Å². The summed E-state index contributed by atoms with van der Waals surface area (Å²) in [5, 5.41) is 3.06. The number of phosphoric ester groups is 1. The zero-order valence-electron chi connectivity index (χ0n) is 48.4. The third-order valence-electron chi connectivity index (χ3n) is 13.8. The van der Waals surface area contributed by atoms with Gasteiger partial charge in [-0.25, -0.2) is 4.57 Å². The van der Waals surface area contributed by atoms with Crippen LogP contribution in [-0.2, 0) is 27.9 Å². The summed E-state index contributed by atoms with van der Waals surface area (Å²) >= 11 is 0. The maximum Gasteiger partial charge on any atom is 0.472 e. The number of nitrogens with one attached hydrogen (secondary N) is 1. The predicted molar refractivity (Wildman–Crippen MR) is 309 cm³/mol. The number of nitrogens with zero attached hydrogens (tertiary/aromatic N) is 1. The number of amides is 1. The second-order valence-corrected chi connectivity index (χ2v) is 23.7. The van der Waals surface area contributed by atoms with Crippen LogP contribution in [0.2, 0.25) is 0 Å². The molecule has 3 atom stereocenters. The lowest BCUT2D eigenvalue weighted by Gasteiger charge is -2.27. The summed E-state index contributed by atoms with van der Waals surface area (Å²) in [7, 11) is 1.50. The molecule has 424 valence electrons. The normalized spacial score (nSPS) is 13.9. The van der Waals surface area contributed by atoms with Gasteiger partial charge in [-0.2, -0.15) is 0 Å². The zero-order chi connectivity index (χ0) is 52.9. The van der Waals surface area contributed by atoms with E-state index in [1.807, 2.05) is 33.3 Å². The molecule has 0 aromatic rings. The van der Waals surface area contributed by atoms with Crippen molar-refractivity contribution in [3.05, 3.63) is 36.5 Å². The van der Waals surface area contributed by atoms with Gasteiger partial charge in [0.2, 0.25) is 5.91 Å². The van der Waals surface area contributed by atoms with E-state index in [0.717, 1.165) is 64.2 Å². The van der Waals surface area contributed by atoms with Crippen LogP contribution in [0.3, 0.4) is 0 Å². The number of likely N-dealkylation sites (N-methyl/N-ethyl adjacent to an activating group) is 1. The van der Waals surface area contributed by atoms with E-state index in [0.29, 0.717) is 17.4 Å². The van der Waals surface area contributed by atoms with E-state index in [4.69, 9.17) is 13.8 Å². The molecule has 0 radical (unpaired) electrons. The Hall–Kier alpha value is -1.77. The Labute approximate surface area is 446 Å². The summed E-state index contributed by atoms with van der Waals surface area (Å²) in [6.07, 6.45) is 62.7. The third-order valence-corrected chi connectivity index (χ3v) is 14.8. The maximum atomic E-state index is 13.5. The molecule has 0 heterocycles. The fourth-order valence-electron chi connectivity index (χ4n) is 9.03. The molecular weight excluding hydrogens is 916 g/mol. The van der Waals surface area contributed by atoms with Crippen LogP contribution in [0.15, 0.2) is 36.5 Å². The average molecular weight is 1040 g/mol. The molecule has 72 heavy (non-hydrogen) atoms. The first-order chi connectivity index (χ1) is 34.9. The molecule has 0 spiro atoms. The Bertz CT molecular complexity index is 1330. The molecule has 1 amide bonds. The largest absolute Gasteiger partial charge is 0.472 e. The number of allylic oxidation sites excluding steroid dienone is 5. The van der Waals surface area contributed by atoms with Gasteiger partial charge in [0.05, 0.1) is 33.8 Å². The number of hydrogen-bond donors (Lipinski definition) is 2. The second kappa shape index (κ2) is 52.7. The Morgan fingerprint density at radius 3 is 1.28 bits per heavy atom. The van der Waals surface area contributed by atoms with Gasteiger partial charge in [0, 0.05) is 12.8 Å². The van der Waals surface area contributed by atoms with Gasteiger partial charge in [-0.15, -0.1) is 0 Å². The average Bonchev–Trinajstić information content (AvgIpc) is 3.34. The van der Waals surface area contributed by atoms with Crippen molar-refractivity contribution in [2.45, 2.75) is 309 Å². The molecule has 0 aromatic heterocycles. The minimum atomic E-state index is -4.44. The summed E-state index contributed by atoms with van der Waals surface area (Å²) in [5.41, 5.74) is 0. The van der Waals surface area contributed by atoms with Gasteiger partial charge >= 0.3 is 13.8 Å². The minimum Gasteiger partial charge on any atom is -0.456 e. The first-order valence-corrected chi connectivity index (χ1v) is 32.3. The monoisotopic (exact) mass is 1040 g/mol. The highest BCUT2D eigenvalue weighted by molar-refractivity contribution is 7.47. The first kappa shape index (κ1) is 70.2. The fraction of sp³-hybridized carbons (Fsp3) is 0.871. The van der Waals surface area contributed by atoms with E-state index in [1.165, 1.54) is 199 Å². The number of ether oxygens (including phenoxy) is 1. The van der Waals surface area contributed by atoms with Crippen LogP contribution in [0.5, 0.6) is 0 Å². The van der Waals surface area contributed by atoms with Crippen molar-refractivity contribution in [1.82, 2.24) is 5.32 Å². The zero-order valence-corrected chi connectivity index (χ0v) is 49.3. The standard InChI is InChI=1S/C62H119N2O7P/c1-7-10-13-16-19-22-25-28-30-31-32-33-35-37-40-43-46-49-52-55-62(66)71-60(53-50-47-44-41-38-27-24-21-18-15-12-9-3)59(58-70-72(67,68)69-57-56-64(4,5)6)63-61(65)54-51-48-45-42-39-36-34-29-26-23-20-17-14-11-8-2/h19,22,28,30,50,53,59-60H,7-18,20-21,23-27,29,31-49,51-52,54-58H2,1-6H3,(H-,63,65,67,68)/p+1/b22-19-,30-28-,53-50+. The second-order valence-electron chi connectivity index (χ2n) is 22.2. The lowest BCUT2D eigenvalue weighted by atomic mass is 10.0. The van der Waals surface area contributed by atoms with E-state index in [2.05, 4.69) is 50.4 Å². The van der Waals surface area contributed by atoms with Crippen molar-refractivity contribution in [1.29, 1.82) is 0 Å². The first-order valence-electron chi connectivity index (χ1n) is 30.8. The van der Waals surface area contributed by atoms with E-state index >= 15 is 0 Å². The Morgan fingerprint density at radius 1 is 0.486 bits per heavy atom. The topological polar surface area (TPSA) is 111 Å². The number of carbonyl (C=O) groups excluding carboxylic acids is 2. The van der Waals surface area contributed by atoms with Crippen molar-refractivity contribution in [3.63, 3.8) is 0 Å². The predicted octanol–water partition coefficient (Wildman–Crippen LogP) is 18.7. The third kappa shape index (κ3) is 53.1. The number of esters is 1. The Kier molecular flexibility index (Phi) is 51.4. The molecule has 0 bridgehead atoms. The smallest absolute Gasteiger partial charge is 0.456 e. The van der Waals surface area contributed by atoms with Crippen molar-refractivity contribution in [2.75, 3.05) is 40.9 Å². The van der Waals surface area contributed by atoms with Gasteiger partial charge in [0.15, 0.2) is 0 Å². The summed E-state index contributed by atoms with van der Waals surface area (Å²) in [4.78, 5) is 37.7. The van der Waals surface area contributed by atoms with Crippen molar-refractivity contribution < 1.29 is 37.3 Å². The van der Waals surface area contributed by atoms with Crippen LogP contribution in [-0.4, -0.2) is 74.3 Å². The number of unbranched alkanes of at least 4 members (excludes halogenated alkanes) is 36. The van der Waals surface area contributed by atoms with E-state index < -0.39 is 20.0 Å². The molecule has 2 N–H and O–H groups in total. The highest BCUT2D eigenvalue weighted by Crippen LogP contribution is 2.43. The van der Waals surface area contributed by atoms with Gasteiger partial charge in [0.1, 0.15) is 19.3 Å². The molecule has 0 aliphatic heterocycles. The molecule has 0 fully saturated rings. The minimum absolute atomic E-state index is 0.0419. The van der Waals surface area contributed by atoms with Gasteiger partial charge in [0.25, 0.3) is 0 Å². The summed E-state index contributed by atoms with van der Waals surface area (Å²) < 4.78 is 30.7.